The Morgan fingerprint density at radius 3 is 3.07 bits per heavy atom. The number of aryl methyl sites for hydroxylation is 1. The summed E-state index contributed by atoms with van der Waals surface area (Å²) in [7, 11) is 1.93. The van der Waals surface area contributed by atoms with Crippen LogP contribution in [0.5, 0.6) is 0 Å². The number of carbonyl (C=O) groups excluding carboxylic acids is 1. The average Bonchev–Trinajstić information content (AvgIpc) is 2.75. The van der Waals surface area contributed by atoms with Crippen LogP contribution in [0.15, 0.2) is 10.6 Å². The van der Waals surface area contributed by atoms with E-state index in [0.717, 1.165) is 24.4 Å². The second-order valence-corrected chi connectivity index (χ2v) is 3.94. The molecule has 15 heavy (non-hydrogen) atoms. The Morgan fingerprint density at radius 2 is 2.53 bits per heavy atom. The van der Waals surface area contributed by atoms with Gasteiger partial charge in [-0.05, 0) is 20.4 Å². The number of hydrogen-bond acceptors (Lipinski definition) is 4. The van der Waals surface area contributed by atoms with Crippen molar-refractivity contribution in [2.24, 2.45) is 0 Å². The van der Waals surface area contributed by atoms with Crippen molar-refractivity contribution in [2.75, 3.05) is 13.6 Å². The van der Waals surface area contributed by atoms with Crippen molar-refractivity contribution in [3.05, 3.63) is 17.5 Å². The Balaban J connectivity index is 1.97. The zero-order valence-corrected chi connectivity index (χ0v) is 8.99. The largest absolute Gasteiger partial charge is 0.361 e. The molecule has 0 radical (unpaired) electrons. The van der Waals surface area contributed by atoms with Gasteiger partial charge in [-0.25, -0.2) is 0 Å². The van der Waals surface area contributed by atoms with Crippen LogP contribution >= 0.6 is 0 Å². The summed E-state index contributed by atoms with van der Waals surface area (Å²) in [5.74, 6) is 0.909. The highest BCUT2D eigenvalue weighted by atomic mass is 16.5. The second kappa shape index (κ2) is 4.02. The Bertz CT molecular complexity index is 361. The van der Waals surface area contributed by atoms with Crippen LogP contribution in [-0.2, 0) is 11.3 Å². The van der Waals surface area contributed by atoms with Crippen LogP contribution < -0.4 is 5.32 Å². The minimum absolute atomic E-state index is 0.0259. The number of hydrogen-bond donors (Lipinski definition) is 1. The number of rotatable bonds is 3. The van der Waals surface area contributed by atoms with E-state index in [1.807, 2.05) is 24.9 Å². The van der Waals surface area contributed by atoms with E-state index in [2.05, 4.69) is 10.5 Å². The number of carbonyl (C=O) groups is 1. The van der Waals surface area contributed by atoms with Gasteiger partial charge in [-0.2, -0.15) is 0 Å². The van der Waals surface area contributed by atoms with Gasteiger partial charge in [0.25, 0.3) is 0 Å². The fourth-order valence-electron chi connectivity index (χ4n) is 1.86. The fourth-order valence-corrected chi connectivity index (χ4v) is 1.86. The number of aromatic nitrogens is 1. The number of nitrogens with one attached hydrogen (secondary N) is 1. The van der Waals surface area contributed by atoms with Gasteiger partial charge in [0.05, 0.1) is 11.7 Å². The summed E-state index contributed by atoms with van der Waals surface area (Å²) >= 11 is 0. The van der Waals surface area contributed by atoms with Crippen molar-refractivity contribution >= 4 is 5.91 Å². The van der Waals surface area contributed by atoms with Crippen molar-refractivity contribution in [1.82, 2.24) is 15.4 Å². The molecule has 1 atom stereocenters. The van der Waals surface area contributed by atoms with Crippen molar-refractivity contribution in [1.29, 1.82) is 0 Å². The Hall–Kier alpha value is -1.36. The zero-order valence-electron chi connectivity index (χ0n) is 8.99. The van der Waals surface area contributed by atoms with Gasteiger partial charge in [0, 0.05) is 19.2 Å². The molecule has 0 saturated carbocycles. The van der Waals surface area contributed by atoms with Gasteiger partial charge in [0.1, 0.15) is 5.76 Å². The van der Waals surface area contributed by atoms with E-state index in [0.29, 0.717) is 6.54 Å². The Labute approximate surface area is 88.4 Å². The lowest BCUT2D eigenvalue weighted by Crippen LogP contribution is -2.37. The fraction of sp³-hybridized carbons (Fsp3) is 0.600. The average molecular weight is 209 g/mol. The maximum atomic E-state index is 11.4. The maximum absolute atomic E-state index is 11.4. The summed E-state index contributed by atoms with van der Waals surface area (Å²) < 4.78 is 4.98. The van der Waals surface area contributed by atoms with Gasteiger partial charge in [-0.15, -0.1) is 0 Å². The number of nitrogens with zero attached hydrogens (tertiary/aromatic N) is 2. The molecule has 1 aromatic heterocycles. The smallest absolute Gasteiger partial charge is 0.237 e. The van der Waals surface area contributed by atoms with E-state index >= 15 is 0 Å². The molecule has 5 heteroatoms. The van der Waals surface area contributed by atoms with Crippen LogP contribution in [0.25, 0.3) is 0 Å². The van der Waals surface area contributed by atoms with Crippen LogP contribution in [0, 0.1) is 6.92 Å². The van der Waals surface area contributed by atoms with Gasteiger partial charge >= 0.3 is 0 Å². The zero-order chi connectivity index (χ0) is 10.8. The standard InChI is InChI=1S/C10H15N3O2/c1-7-5-8(12-15-7)6-13(2)9-3-4-11-10(9)14/h5,9H,3-4,6H2,1-2H3,(H,11,14)/t9-/m0/s1. The quantitative estimate of drug-likeness (QED) is 0.778. The minimum atomic E-state index is -0.0259. The van der Waals surface area contributed by atoms with Gasteiger partial charge in [-0.1, -0.05) is 5.16 Å². The Kier molecular flexibility index (Phi) is 2.73. The first-order chi connectivity index (χ1) is 7.16. The summed E-state index contributed by atoms with van der Waals surface area (Å²) in [6, 6.07) is 1.87. The molecule has 1 fully saturated rings. The van der Waals surface area contributed by atoms with Crippen LogP contribution in [0.2, 0.25) is 0 Å². The highest BCUT2D eigenvalue weighted by Crippen LogP contribution is 2.12. The predicted octanol–water partition coefficient (Wildman–Crippen LogP) is 0.303. The van der Waals surface area contributed by atoms with Crippen LogP contribution in [0.1, 0.15) is 17.9 Å². The maximum Gasteiger partial charge on any atom is 0.237 e. The molecule has 1 amide bonds. The van der Waals surface area contributed by atoms with E-state index < -0.39 is 0 Å². The minimum Gasteiger partial charge on any atom is -0.361 e. The summed E-state index contributed by atoms with van der Waals surface area (Å²) in [6.45, 7) is 3.28. The van der Waals surface area contributed by atoms with Crippen molar-refractivity contribution in [3.8, 4) is 0 Å². The summed E-state index contributed by atoms with van der Waals surface area (Å²) in [6.07, 6.45) is 0.867. The van der Waals surface area contributed by atoms with Crippen molar-refractivity contribution in [2.45, 2.75) is 25.9 Å². The van der Waals surface area contributed by atoms with E-state index in [1.54, 1.807) is 0 Å². The van der Waals surface area contributed by atoms with E-state index in [-0.39, 0.29) is 11.9 Å². The molecule has 1 N–H and O–H groups in total. The molecule has 1 saturated heterocycles. The topological polar surface area (TPSA) is 58.4 Å². The first kappa shape index (κ1) is 10.2. The molecule has 0 unspecified atom stereocenters. The van der Waals surface area contributed by atoms with Gasteiger partial charge in [0.2, 0.25) is 5.91 Å². The lowest BCUT2D eigenvalue weighted by molar-refractivity contribution is -0.123. The molecule has 0 aliphatic carbocycles. The molecule has 0 spiro atoms. The van der Waals surface area contributed by atoms with Gasteiger partial charge < -0.3 is 9.84 Å². The number of likely N-dealkylation sites (N-methyl/N-ethyl adjacent to an activating group) is 1. The molecule has 0 bridgehead atoms. The molecular formula is C10H15N3O2. The lowest BCUT2D eigenvalue weighted by Gasteiger charge is -2.20. The summed E-state index contributed by atoms with van der Waals surface area (Å²) in [5, 5.41) is 6.72. The van der Waals surface area contributed by atoms with Crippen LogP contribution in [0.3, 0.4) is 0 Å². The van der Waals surface area contributed by atoms with Crippen LogP contribution in [-0.4, -0.2) is 35.6 Å². The third-order valence-electron chi connectivity index (χ3n) is 2.64. The van der Waals surface area contributed by atoms with E-state index in [9.17, 15) is 4.79 Å². The third-order valence-corrected chi connectivity index (χ3v) is 2.64. The van der Waals surface area contributed by atoms with Gasteiger partial charge in [-0.3, -0.25) is 9.69 Å². The molecule has 2 heterocycles. The monoisotopic (exact) mass is 209 g/mol. The van der Waals surface area contributed by atoms with E-state index in [4.69, 9.17) is 4.52 Å². The molecule has 1 aromatic rings. The molecule has 82 valence electrons. The first-order valence-electron chi connectivity index (χ1n) is 5.07. The van der Waals surface area contributed by atoms with E-state index in [1.165, 1.54) is 0 Å². The molecule has 1 aliphatic rings. The highest BCUT2D eigenvalue weighted by molar-refractivity contribution is 5.83. The predicted molar refractivity (Wildman–Crippen MR) is 54.1 cm³/mol. The molecule has 5 nitrogen and oxygen atoms in total. The SMILES string of the molecule is Cc1cc(CN(C)[C@H]2CCNC2=O)no1. The number of amides is 1. The van der Waals surface area contributed by atoms with Crippen molar-refractivity contribution in [3.63, 3.8) is 0 Å². The third kappa shape index (κ3) is 2.18. The van der Waals surface area contributed by atoms with Gasteiger partial charge in [0.15, 0.2) is 0 Å². The molecule has 2 rings (SSSR count). The normalized spacial score (nSPS) is 21.0. The summed E-state index contributed by atoms with van der Waals surface area (Å²) in [4.78, 5) is 13.4. The van der Waals surface area contributed by atoms with Crippen molar-refractivity contribution < 1.29 is 9.32 Å². The van der Waals surface area contributed by atoms with Crippen LogP contribution in [0.4, 0.5) is 0 Å². The lowest BCUT2D eigenvalue weighted by atomic mass is 10.2. The Morgan fingerprint density at radius 1 is 1.73 bits per heavy atom. The molecular weight excluding hydrogens is 194 g/mol. The highest BCUT2D eigenvalue weighted by Gasteiger charge is 2.28. The second-order valence-electron chi connectivity index (χ2n) is 3.94. The summed E-state index contributed by atoms with van der Waals surface area (Å²) in [5.41, 5.74) is 0.870. The molecule has 0 aromatic carbocycles. The first-order valence-corrected chi connectivity index (χ1v) is 5.07. The molecule has 1 aliphatic heterocycles.